The summed E-state index contributed by atoms with van der Waals surface area (Å²) in [6.07, 6.45) is 0.861. The molecule has 172 valence electrons. The van der Waals surface area contributed by atoms with Gasteiger partial charge in [-0.15, -0.1) is 0 Å². The van der Waals surface area contributed by atoms with Crippen LogP contribution in [0, 0.1) is 19.8 Å². The number of carbonyl (C=O) groups excluding carboxylic acids is 2. The van der Waals surface area contributed by atoms with Gasteiger partial charge < -0.3 is 9.64 Å². The van der Waals surface area contributed by atoms with Gasteiger partial charge in [0.15, 0.2) is 0 Å². The minimum atomic E-state index is -3.88. The zero-order valence-electron chi connectivity index (χ0n) is 19.0. The smallest absolute Gasteiger partial charge is 0.339 e. The first-order chi connectivity index (χ1) is 15.2. The molecule has 2 aromatic rings. The lowest BCUT2D eigenvalue weighted by Gasteiger charge is -2.33. The SMILES string of the molecule is CCN(C(=O)C1CCN(S(=O)(=O)c2ccccc2C(=O)OC)CC1)c1cc(C)cc(C)c1. The number of ether oxygens (including phenoxy) is 1. The van der Waals surface area contributed by atoms with E-state index in [-0.39, 0.29) is 35.4 Å². The summed E-state index contributed by atoms with van der Waals surface area (Å²) in [5, 5.41) is 0. The average molecular weight is 459 g/mol. The Hall–Kier alpha value is -2.71. The summed E-state index contributed by atoms with van der Waals surface area (Å²) in [6.45, 7) is 6.94. The van der Waals surface area contributed by atoms with Crippen LogP contribution in [0.5, 0.6) is 0 Å². The van der Waals surface area contributed by atoms with Gasteiger partial charge in [0, 0.05) is 31.2 Å². The van der Waals surface area contributed by atoms with E-state index in [9.17, 15) is 18.0 Å². The lowest BCUT2D eigenvalue weighted by molar-refractivity contribution is -0.123. The molecule has 1 fully saturated rings. The zero-order chi connectivity index (χ0) is 23.5. The van der Waals surface area contributed by atoms with E-state index in [1.165, 1.54) is 23.5 Å². The van der Waals surface area contributed by atoms with Crippen molar-refractivity contribution in [2.45, 2.75) is 38.5 Å². The second-order valence-electron chi connectivity index (χ2n) is 8.09. The highest BCUT2D eigenvalue weighted by atomic mass is 32.2. The molecule has 1 amide bonds. The topological polar surface area (TPSA) is 84.0 Å². The van der Waals surface area contributed by atoms with Crippen molar-refractivity contribution in [3.05, 3.63) is 59.2 Å². The third-order valence-electron chi connectivity index (χ3n) is 5.81. The van der Waals surface area contributed by atoms with Gasteiger partial charge in [0.25, 0.3) is 0 Å². The van der Waals surface area contributed by atoms with Crippen LogP contribution in [-0.4, -0.2) is 51.3 Å². The van der Waals surface area contributed by atoms with E-state index in [1.54, 1.807) is 17.0 Å². The molecule has 3 rings (SSSR count). The van der Waals surface area contributed by atoms with Crippen molar-refractivity contribution in [2.75, 3.05) is 31.6 Å². The van der Waals surface area contributed by atoms with Gasteiger partial charge in [0.2, 0.25) is 15.9 Å². The third-order valence-corrected chi connectivity index (χ3v) is 7.77. The molecular weight excluding hydrogens is 428 g/mol. The molecule has 0 aliphatic carbocycles. The highest BCUT2D eigenvalue weighted by molar-refractivity contribution is 7.89. The van der Waals surface area contributed by atoms with E-state index >= 15 is 0 Å². The Balaban J connectivity index is 1.76. The first kappa shape index (κ1) is 23.9. The molecule has 32 heavy (non-hydrogen) atoms. The van der Waals surface area contributed by atoms with E-state index in [0.717, 1.165) is 16.8 Å². The van der Waals surface area contributed by atoms with Gasteiger partial charge in [0.1, 0.15) is 0 Å². The van der Waals surface area contributed by atoms with Gasteiger partial charge in [-0.25, -0.2) is 13.2 Å². The Bertz CT molecular complexity index is 1080. The minimum Gasteiger partial charge on any atom is -0.465 e. The van der Waals surface area contributed by atoms with Crippen molar-refractivity contribution in [3.63, 3.8) is 0 Å². The van der Waals surface area contributed by atoms with Gasteiger partial charge >= 0.3 is 5.97 Å². The van der Waals surface area contributed by atoms with Gasteiger partial charge in [-0.2, -0.15) is 4.31 Å². The third kappa shape index (κ3) is 4.86. The van der Waals surface area contributed by atoms with Crippen molar-refractivity contribution in [2.24, 2.45) is 5.92 Å². The molecular formula is C24H30N2O5S. The molecule has 1 aliphatic heterocycles. The molecule has 7 nitrogen and oxygen atoms in total. The molecule has 0 bridgehead atoms. The van der Waals surface area contributed by atoms with Crippen LogP contribution in [0.4, 0.5) is 5.69 Å². The van der Waals surface area contributed by atoms with Crippen LogP contribution < -0.4 is 4.90 Å². The molecule has 0 radical (unpaired) electrons. The monoisotopic (exact) mass is 458 g/mol. The molecule has 1 heterocycles. The molecule has 0 N–H and O–H groups in total. The highest BCUT2D eigenvalue weighted by Gasteiger charge is 2.35. The average Bonchev–Trinajstić information content (AvgIpc) is 2.78. The second-order valence-corrected chi connectivity index (χ2v) is 10.0. The molecule has 0 aromatic heterocycles. The normalized spacial score (nSPS) is 15.4. The maximum atomic E-state index is 13.3. The van der Waals surface area contributed by atoms with Crippen LogP contribution >= 0.6 is 0 Å². The van der Waals surface area contributed by atoms with Gasteiger partial charge in [-0.05, 0) is 69.0 Å². The fourth-order valence-corrected chi connectivity index (χ4v) is 5.89. The van der Waals surface area contributed by atoms with Crippen LogP contribution in [0.3, 0.4) is 0 Å². The van der Waals surface area contributed by atoms with E-state index in [1.807, 2.05) is 32.9 Å². The summed E-state index contributed by atoms with van der Waals surface area (Å²) >= 11 is 0. The number of rotatable bonds is 6. The molecule has 0 unspecified atom stereocenters. The quantitative estimate of drug-likeness (QED) is 0.618. The summed E-state index contributed by atoms with van der Waals surface area (Å²) in [4.78, 5) is 27.0. The summed E-state index contributed by atoms with van der Waals surface area (Å²) in [5.41, 5.74) is 3.07. The second kappa shape index (κ2) is 9.83. The number of methoxy groups -OCH3 is 1. The number of carbonyl (C=O) groups is 2. The van der Waals surface area contributed by atoms with Crippen LogP contribution in [0.1, 0.15) is 41.3 Å². The maximum absolute atomic E-state index is 13.3. The number of esters is 1. The Morgan fingerprint density at radius 3 is 2.22 bits per heavy atom. The van der Waals surface area contributed by atoms with Crippen molar-refractivity contribution < 1.29 is 22.7 Å². The van der Waals surface area contributed by atoms with Gasteiger partial charge in [-0.1, -0.05) is 18.2 Å². The van der Waals surface area contributed by atoms with Crippen LogP contribution in [-0.2, 0) is 19.6 Å². The number of sulfonamides is 1. The predicted octanol–water partition coefficient (Wildman–Crippen LogP) is 3.54. The number of benzene rings is 2. The lowest BCUT2D eigenvalue weighted by atomic mass is 9.96. The van der Waals surface area contributed by atoms with Crippen molar-refractivity contribution in [1.82, 2.24) is 4.31 Å². The molecule has 1 aliphatic rings. The summed E-state index contributed by atoms with van der Waals surface area (Å²) in [6, 6.07) is 12.1. The number of anilines is 1. The fourth-order valence-electron chi connectivity index (χ4n) is 4.24. The number of nitrogens with zero attached hydrogens (tertiary/aromatic N) is 2. The molecule has 0 saturated carbocycles. The van der Waals surface area contributed by atoms with Crippen LogP contribution in [0.15, 0.2) is 47.4 Å². The van der Waals surface area contributed by atoms with E-state index in [4.69, 9.17) is 4.74 Å². The first-order valence-corrected chi connectivity index (χ1v) is 12.2. The van der Waals surface area contributed by atoms with E-state index < -0.39 is 16.0 Å². The summed E-state index contributed by atoms with van der Waals surface area (Å²) in [5.74, 6) is -0.927. The van der Waals surface area contributed by atoms with Crippen molar-refractivity contribution in [3.8, 4) is 0 Å². The Morgan fingerprint density at radius 1 is 1.06 bits per heavy atom. The number of hydrogen-bond donors (Lipinski definition) is 0. The maximum Gasteiger partial charge on any atom is 0.339 e. The number of piperidine rings is 1. The Kier molecular flexibility index (Phi) is 7.36. The van der Waals surface area contributed by atoms with E-state index in [2.05, 4.69) is 6.07 Å². The number of amides is 1. The van der Waals surface area contributed by atoms with Crippen molar-refractivity contribution >= 4 is 27.6 Å². The Morgan fingerprint density at radius 2 is 1.66 bits per heavy atom. The molecule has 8 heteroatoms. The largest absolute Gasteiger partial charge is 0.465 e. The zero-order valence-corrected chi connectivity index (χ0v) is 19.8. The summed E-state index contributed by atoms with van der Waals surface area (Å²) < 4.78 is 32.5. The molecule has 2 aromatic carbocycles. The van der Waals surface area contributed by atoms with Gasteiger partial charge in [-0.3, -0.25) is 4.79 Å². The lowest BCUT2D eigenvalue weighted by Crippen LogP contribution is -2.44. The van der Waals surface area contributed by atoms with Gasteiger partial charge in [0.05, 0.1) is 17.6 Å². The van der Waals surface area contributed by atoms with Crippen LogP contribution in [0.25, 0.3) is 0 Å². The Labute approximate surface area is 190 Å². The summed E-state index contributed by atoms with van der Waals surface area (Å²) in [7, 11) is -2.66. The van der Waals surface area contributed by atoms with Crippen LogP contribution in [0.2, 0.25) is 0 Å². The predicted molar refractivity (Wildman–Crippen MR) is 123 cm³/mol. The number of hydrogen-bond acceptors (Lipinski definition) is 5. The first-order valence-electron chi connectivity index (χ1n) is 10.8. The fraction of sp³-hybridized carbons (Fsp3) is 0.417. The molecule has 1 saturated heterocycles. The number of aryl methyl sites for hydroxylation is 2. The van der Waals surface area contributed by atoms with E-state index in [0.29, 0.717) is 19.4 Å². The van der Waals surface area contributed by atoms with Crippen molar-refractivity contribution in [1.29, 1.82) is 0 Å². The molecule has 0 atom stereocenters. The molecule has 0 spiro atoms. The minimum absolute atomic E-state index is 0.0141. The standard InChI is InChI=1S/C24H30N2O5S/c1-5-26(20-15-17(2)14-18(3)16-20)23(27)19-10-12-25(13-11-19)32(29,30)22-9-7-6-8-21(22)24(28)31-4/h6-9,14-16,19H,5,10-13H2,1-4H3. The highest BCUT2D eigenvalue weighted by Crippen LogP contribution is 2.29.